The van der Waals surface area contributed by atoms with E-state index < -0.39 is 0 Å². The van der Waals surface area contributed by atoms with E-state index in [1.807, 2.05) is 0 Å². The summed E-state index contributed by atoms with van der Waals surface area (Å²) in [6, 6.07) is 0. The van der Waals surface area contributed by atoms with Gasteiger partial charge in [-0.2, -0.15) is 0 Å². The molecule has 0 unspecified atom stereocenters. The Morgan fingerprint density at radius 2 is 1.83 bits per heavy atom. The van der Waals surface area contributed by atoms with Crippen molar-refractivity contribution in [2.24, 2.45) is 11.1 Å². The highest BCUT2D eigenvalue weighted by Gasteiger charge is 2.14. The zero-order valence-corrected chi connectivity index (χ0v) is 8.98. The van der Waals surface area contributed by atoms with Crippen molar-refractivity contribution in [3.8, 4) is 0 Å². The summed E-state index contributed by atoms with van der Waals surface area (Å²) in [6.45, 7) is 9.69. The zero-order valence-electron chi connectivity index (χ0n) is 8.98. The summed E-state index contributed by atoms with van der Waals surface area (Å²) in [6.07, 6.45) is 5.87. The van der Waals surface area contributed by atoms with Crippen LogP contribution in [0.5, 0.6) is 0 Å². The summed E-state index contributed by atoms with van der Waals surface area (Å²) in [7, 11) is 0. The van der Waals surface area contributed by atoms with E-state index >= 15 is 0 Å². The Labute approximate surface area is 77.0 Å². The molecule has 0 aromatic carbocycles. The first kappa shape index (κ1) is 11.7. The van der Waals surface area contributed by atoms with Gasteiger partial charge in [-0.25, -0.2) is 0 Å². The van der Waals surface area contributed by atoms with E-state index in [1.54, 1.807) is 0 Å². The lowest BCUT2D eigenvalue weighted by molar-refractivity contribution is 0.315. The SMILES string of the molecule is CC(C)=CCCC(C)(C)CCN. The van der Waals surface area contributed by atoms with E-state index in [2.05, 4.69) is 33.8 Å². The topological polar surface area (TPSA) is 26.0 Å². The van der Waals surface area contributed by atoms with E-state index in [0.717, 1.165) is 13.0 Å². The third kappa shape index (κ3) is 6.41. The van der Waals surface area contributed by atoms with Gasteiger partial charge in [0.05, 0.1) is 0 Å². The summed E-state index contributed by atoms with van der Waals surface area (Å²) in [5, 5.41) is 0. The fraction of sp³-hybridized carbons (Fsp3) is 0.818. The molecule has 0 aliphatic heterocycles. The van der Waals surface area contributed by atoms with Crippen LogP contribution < -0.4 is 5.73 Å². The molecular weight excluding hydrogens is 146 g/mol. The number of hydrogen-bond donors (Lipinski definition) is 1. The first-order chi connectivity index (χ1) is 5.48. The molecule has 0 fully saturated rings. The van der Waals surface area contributed by atoms with Gasteiger partial charge >= 0.3 is 0 Å². The molecule has 0 atom stereocenters. The summed E-state index contributed by atoms with van der Waals surface area (Å²) in [5.41, 5.74) is 7.36. The van der Waals surface area contributed by atoms with Crippen LogP contribution in [0.4, 0.5) is 0 Å². The second-order valence-corrected chi connectivity index (χ2v) is 4.52. The number of rotatable bonds is 5. The molecule has 0 aliphatic rings. The van der Waals surface area contributed by atoms with Crippen molar-refractivity contribution in [2.45, 2.75) is 47.0 Å². The Balaban J connectivity index is 3.68. The van der Waals surface area contributed by atoms with Crippen LogP contribution in [0.1, 0.15) is 47.0 Å². The van der Waals surface area contributed by atoms with E-state index in [4.69, 9.17) is 5.73 Å². The molecule has 0 rings (SSSR count). The minimum atomic E-state index is 0.417. The first-order valence-corrected chi connectivity index (χ1v) is 4.81. The van der Waals surface area contributed by atoms with Crippen LogP contribution in [0.25, 0.3) is 0 Å². The van der Waals surface area contributed by atoms with Gasteiger partial charge in [0.2, 0.25) is 0 Å². The Morgan fingerprint density at radius 1 is 1.25 bits per heavy atom. The van der Waals surface area contributed by atoms with Gasteiger partial charge in [0.25, 0.3) is 0 Å². The molecule has 0 radical (unpaired) electrons. The Kier molecular flexibility index (Phi) is 5.23. The van der Waals surface area contributed by atoms with Crippen molar-refractivity contribution in [2.75, 3.05) is 6.54 Å². The predicted octanol–water partition coefficient (Wildman–Crippen LogP) is 3.11. The lowest BCUT2D eigenvalue weighted by Gasteiger charge is -2.22. The lowest BCUT2D eigenvalue weighted by Crippen LogP contribution is -2.16. The maximum Gasteiger partial charge on any atom is -0.00722 e. The summed E-state index contributed by atoms with van der Waals surface area (Å²) in [5.74, 6) is 0. The van der Waals surface area contributed by atoms with Gasteiger partial charge < -0.3 is 5.73 Å². The van der Waals surface area contributed by atoms with Crippen LogP contribution in [0.15, 0.2) is 11.6 Å². The lowest BCUT2D eigenvalue weighted by atomic mass is 9.84. The van der Waals surface area contributed by atoms with Crippen LogP contribution >= 0.6 is 0 Å². The van der Waals surface area contributed by atoms with E-state index in [1.165, 1.54) is 18.4 Å². The zero-order chi connectivity index (χ0) is 9.61. The maximum atomic E-state index is 5.53. The standard InChI is InChI=1S/C11H23N/c1-10(2)6-5-7-11(3,4)8-9-12/h6H,5,7-9,12H2,1-4H3. The average molecular weight is 169 g/mol. The van der Waals surface area contributed by atoms with Crippen LogP contribution in [-0.2, 0) is 0 Å². The van der Waals surface area contributed by atoms with Crippen molar-refractivity contribution >= 4 is 0 Å². The largest absolute Gasteiger partial charge is 0.330 e. The normalized spacial score (nSPS) is 11.4. The van der Waals surface area contributed by atoms with Gasteiger partial charge in [-0.1, -0.05) is 25.5 Å². The summed E-state index contributed by atoms with van der Waals surface area (Å²) >= 11 is 0. The average Bonchev–Trinajstić information content (AvgIpc) is 1.85. The molecule has 0 aromatic heterocycles. The van der Waals surface area contributed by atoms with Crippen LogP contribution in [-0.4, -0.2) is 6.54 Å². The van der Waals surface area contributed by atoms with Gasteiger partial charge in [-0.15, -0.1) is 0 Å². The molecule has 0 heterocycles. The fourth-order valence-electron chi connectivity index (χ4n) is 1.27. The third-order valence-electron chi connectivity index (χ3n) is 2.19. The molecule has 0 bridgehead atoms. The summed E-state index contributed by atoms with van der Waals surface area (Å²) < 4.78 is 0. The molecule has 0 aliphatic carbocycles. The highest BCUT2D eigenvalue weighted by atomic mass is 14.5. The van der Waals surface area contributed by atoms with Gasteiger partial charge in [-0.3, -0.25) is 0 Å². The Hall–Kier alpha value is -0.300. The number of hydrogen-bond acceptors (Lipinski definition) is 1. The molecule has 0 saturated heterocycles. The van der Waals surface area contributed by atoms with Crippen molar-refractivity contribution in [3.05, 3.63) is 11.6 Å². The first-order valence-electron chi connectivity index (χ1n) is 4.81. The quantitative estimate of drug-likeness (QED) is 0.629. The number of allylic oxidation sites excluding steroid dienone is 2. The van der Waals surface area contributed by atoms with E-state index in [0.29, 0.717) is 5.41 Å². The molecule has 0 saturated carbocycles. The van der Waals surface area contributed by atoms with Crippen LogP contribution in [0.2, 0.25) is 0 Å². The molecule has 0 spiro atoms. The van der Waals surface area contributed by atoms with Gasteiger partial charge in [0.15, 0.2) is 0 Å². The Morgan fingerprint density at radius 3 is 2.25 bits per heavy atom. The molecule has 72 valence electrons. The molecule has 1 heteroatoms. The van der Waals surface area contributed by atoms with Crippen molar-refractivity contribution < 1.29 is 0 Å². The van der Waals surface area contributed by atoms with Crippen molar-refractivity contribution in [3.63, 3.8) is 0 Å². The van der Waals surface area contributed by atoms with Crippen LogP contribution in [0, 0.1) is 5.41 Å². The highest BCUT2D eigenvalue weighted by molar-refractivity contribution is 4.93. The van der Waals surface area contributed by atoms with Crippen molar-refractivity contribution in [1.82, 2.24) is 0 Å². The second-order valence-electron chi connectivity index (χ2n) is 4.52. The smallest absolute Gasteiger partial charge is 0.00722 e. The van der Waals surface area contributed by atoms with E-state index in [-0.39, 0.29) is 0 Å². The molecule has 0 aromatic rings. The molecule has 2 N–H and O–H groups in total. The maximum absolute atomic E-state index is 5.53. The molecule has 1 nitrogen and oxygen atoms in total. The number of nitrogens with two attached hydrogens (primary N) is 1. The molecule has 12 heavy (non-hydrogen) atoms. The van der Waals surface area contributed by atoms with Gasteiger partial charge in [0, 0.05) is 0 Å². The molecular formula is C11H23N. The molecule has 0 amide bonds. The van der Waals surface area contributed by atoms with E-state index in [9.17, 15) is 0 Å². The second kappa shape index (κ2) is 5.36. The predicted molar refractivity (Wildman–Crippen MR) is 56.1 cm³/mol. The highest BCUT2D eigenvalue weighted by Crippen LogP contribution is 2.26. The van der Waals surface area contributed by atoms with Gasteiger partial charge in [-0.05, 0) is 45.1 Å². The minimum absolute atomic E-state index is 0.417. The Bertz CT molecular complexity index is 141. The summed E-state index contributed by atoms with van der Waals surface area (Å²) in [4.78, 5) is 0. The van der Waals surface area contributed by atoms with Gasteiger partial charge in [0.1, 0.15) is 0 Å². The van der Waals surface area contributed by atoms with Crippen LogP contribution in [0.3, 0.4) is 0 Å². The minimum Gasteiger partial charge on any atom is -0.330 e. The third-order valence-corrected chi connectivity index (χ3v) is 2.19. The monoisotopic (exact) mass is 169 g/mol. The van der Waals surface area contributed by atoms with Crippen molar-refractivity contribution in [1.29, 1.82) is 0 Å². The fourth-order valence-corrected chi connectivity index (χ4v) is 1.27.